The van der Waals surface area contributed by atoms with Crippen LogP contribution in [-0.4, -0.2) is 49.3 Å². The summed E-state index contributed by atoms with van der Waals surface area (Å²) in [5.41, 5.74) is -1.51. The van der Waals surface area contributed by atoms with E-state index in [2.05, 4.69) is 5.32 Å². The zero-order valence-corrected chi connectivity index (χ0v) is 19.5. The molecule has 0 aliphatic rings. The topological polar surface area (TPSA) is 61.9 Å². The molecule has 186 valence electrons. The first-order valence-corrected chi connectivity index (χ1v) is 10.5. The molecule has 2 rings (SSSR count). The third kappa shape index (κ3) is 6.07. The summed E-state index contributed by atoms with van der Waals surface area (Å²) in [6.07, 6.45) is -7.18. The summed E-state index contributed by atoms with van der Waals surface area (Å²) in [5.74, 6) is -3.82. The predicted octanol–water partition coefficient (Wildman–Crippen LogP) is 6.10. The number of hydrogen-bond donors (Lipinski definition) is 1. The lowest BCUT2D eigenvalue weighted by atomic mass is 10.1. The van der Waals surface area contributed by atoms with Crippen LogP contribution >= 0.6 is 11.6 Å². The van der Waals surface area contributed by atoms with Gasteiger partial charge in [-0.05, 0) is 39.0 Å². The molecule has 6 nitrogen and oxygen atoms in total. The van der Waals surface area contributed by atoms with Crippen LogP contribution in [0, 0.1) is 11.6 Å². The highest BCUT2D eigenvalue weighted by molar-refractivity contribution is 6.34. The Kier molecular flexibility index (Phi) is 8.71. The van der Waals surface area contributed by atoms with Crippen molar-refractivity contribution in [1.82, 2.24) is 4.90 Å². The minimum atomic E-state index is -4.81. The first-order chi connectivity index (χ1) is 15.8. The van der Waals surface area contributed by atoms with Gasteiger partial charge in [0.05, 0.1) is 22.0 Å². The van der Waals surface area contributed by atoms with Crippen molar-refractivity contribution in [2.45, 2.75) is 33.1 Å². The van der Waals surface area contributed by atoms with Gasteiger partial charge in [-0.3, -0.25) is 9.69 Å². The minimum Gasteiger partial charge on any atom is -0.480 e. The van der Waals surface area contributed by atoms with Gasteiger partial charge in [0.15, 0.2) is 6.10 Å². The first kappa shape index (κ1) is 27.2. The van der Waals surface area contributed by atoms with Gasteiger partial charge in [0.1, 0.15) is 17.4 Å². The Morgan fingerprint density at radius 1 is 1.12 bits per heavy atom. The van der Waals surface area contributed by atoms with E-state index in [4.69, 9.17) is 16.3 Å². The van der Waals surface area contributed by atoms with Crippen molar-refractivity contribution in [3.63, 3.8) is 0 Å². The number of nitrogens with one attached hydrogen (secondary N) is 1. The second-order valence-electron chi connectivity index (χ2n) is 7.17. The van der Waals surface area contributed by atoms with Crippen LogP contribution in [0.5, 0.6) is 5.75 Å². The molecule has 1 unspecified atom stereocenters. The van der Waals surface area contributed by atoms with Gasteiger partial charge in [0.25, 0.3) is 5.91 Å². The van der Waals surface area contributed by atoms with Crippen molar-refractivity contribution < 1.29 is 36.3 Å². The Morgan fingerprint density at radius 3 is 2.26 bits per heavy atom. The van der Waals surface area contributed by atoms with Crippen LogP contribution in [0.1, 0.15) is 31.1 Å². The van der Waals surface area contributed by atoms with Gasteiger partial charge in [-0.2, -0.15) is 13.2 Å². The molecule has 0 aliphatic heterocycles. The zero-order valence-electron chi connectivity index (χ0n) is 18.8. The fourth-order valence-corrected chi connectivity index (χ4v) is 3.15. The second-order valence-corrected chi connectivity index (χ2v) is 7.57. The molecule has 0 fully saturated rings. The lowest BCUT2D eigenvalue weighted by Gasteiger charge is -2.27. The normalized spacial score (nSPS) is 12.2. The SMILES string of the molecule is CCN(CC)C(=O)N(C)c1cc(OC(C)C(F)(F)F)c(C(=O)Nc2c(F)cccc2Cl)cc1F. The summed E-state index contributed by atoms with van der Waals surface area (Å²) in [6.45, 7) is 4.71. The van der Waals surface area contributed by atoms with Crippen LogP contribution in [0.4, 0.5) is 38.1 Å². The van der Waals surface area contributed by atoms with Gasteiger partial charge in [0, 0.05) is 26.2 Å². The van der Waals surface area contributed by atoms with Crippen molar-refractivity contribution in [3.8, 4) is 5.75 Å². The number of rotatable bonds is 7. The van der Waals surface area contributed by atoms with Crippen LogP contribution in [0.3, 0.4) is 0 Å². The van der Waals surface area contributed by atoms with Crippen molar-refractivity contribution in [1.29, 1.82) is 0 Å². The van der Waals surface area contributed by atoms with E-state index in [1.54, 1.807) is 13.8 Å². The number of benzene rings is 2. The highest BCUT2D eigenvalue weighted by atomic mass is 35.5. The molecule has 0 bridgehead atoms. The molecular formula is C22H23ClF5N3O3. The summed E-state index contributed by atoms with van der Waals surface area (Å²) < 4.78 is 73.4. The van der Waals surface area contributed by atoms with Crippen LogP contribution < -0.4 is 15.0 Å². The maximum atomic E-state index is 15.0. The Morgan fingerprint density at radius 2 is 1.74 bits per heavy atom. The number of carbonyl (C=O) groups is 2. The molecule has 0 saturated carbocycles. The van der Waals surface area contributed by atoms with Crippen molar-refractivity contribution >= 4 is 34.9 Å². The fraction of sp³-hybridized carbons (Fsp3) is 0.364. The average Bonchev–Trinajstić information content (AvgIpc) is 2.76. The third-order valence-corrected chi connectivity index (χ3v) is 5.26. The fourth-order valence-electron chi connectivity index (χ4n) is 2.94. The molecule has 1 N–H and O–H groups in total. The average molecular weight is 508 g/mol. The highest BCUT2D eigenvalue weighted by Gasteiger charge is 2.39. The zero-order chi connectivity index (χ0) is 25.8. The molecule has 3 amide bonds. The number of ether oxygens (including phenoxy) is 1. The van der Waals surface area contributed by atoms with Gasteiger partial charge in [-0.25, -0.2) is 13.6 Å². The monoisotopic (exact) mass is 507 g/mol. The molecule has 0 saturated heterocycles. The molecule has 0 radical (unpaired) electrons. The highest BCUT2D eigenvalue weighted by Crippen LogP contribution is 2.34. The molecular weight excluding hydrogens is 485 g/mol. The Balaban J connectivity index is 2.55. The van der Waals surface area contributed by atoms with E-state index in [1.807, 2.05) is 0 Å². The molecule has 0 aliphatic carbocycles. The number of anilines is 2. The second kappa shape index (κ2) is 10.9. The van der Waals surface area contributed by atoms with E-state index in [1.165, 1.54) is 24.1 Å². The predicted molar refractivity (Wildman–Crippen MR) is 119 cm³/mol. The molecule has 34 heavy (non-hydrogen) atoms. The number of nitrogens with zero attached hydrogens (tertiary/aromatic N) is 2. The van der Waals surface area contributed by atoms with E-state index in [-0.39, 0.29) is 5.02 Å². The van der Waals surface area contributed by atoms with Gasteiger partial charge >= 0.3 is 12.2 Å². The van der Waals surface area contributed by atoms with E-state index >= 15 is 0 Å². The van der Waals surface area contributed by atoms with E-state index in [9.17, 15) is 31.5 Å². The van der Waals surface area contributed by atoms with Crippen LogP contribution in [0.2, 0.25) is 5.02 Å². The van der Waals surface area contributed by atoms with Crippen LogP contribution in [-0.2, 0) is 0 Å². The van der Waals surface area contributed by atoms with Gasteiger partial charge < -0.3 is 15.0 Å². The van der Waals surface area contributed by atoms with E-state index < -0.39 is 58.5 Å². The summed E-state index contributed by atoms with van der Waals surface area (Å²) in [4.78, 5) is 27.7. The van der Waals surface area contributed by atoms with Crippen molar-refractivity contribution in [2.24, 2.45) is 0 Å². The van der Waals surface area contributed by atoms with Crippen molar-refractivity contribution in [2.75, 3.05) is 30.4 Å². The van der Waals surface area contributed by atoms with Gasteiger partial charge in [-0.15, -0.1) is 0 Å². The number of alkyl halides is 3. The van der Waals surface area contributed by atoms with Crippen LogP contribution in [0.25, 0.3) is 0 Å². The molecule has 2 aromatic rings. The van der Waals surface area contributed by atoms with E-state index in [0.717, 1.165) is 17.0 Å². The summed E-state index contributed by atoms with van der Waals surface area (Å²) >= 11 is 5.88. The molecule has 0 aromatic heterocycles. The molecule has 0 heterocycles. The lowest BCUT2D eigenvalue weighted by Crippen LogP contribution is -2.41. The summed E-state index contributed by atoms with van der Waals surface area (Å²) in [5, 5.41) is 1.94. The van der Waals surface area contributed by atoms with Crippen LogP contribution in [0.15, 0.2) is 30.3 Å². The third-order valence-electron chi connectivity index (χ3n) is 4.94. The number of halogens is 6. The summed E-state index contributed by atoms with van der Waals surface area (Å²) in [7, 11) is 1.23. The van der Waals surface area contributed by atoms with Gasteiger partial charge in [0.2, 0.25) is 0 Å². The molecule has 12 heteroatoms. The summed E-state index contributed by atoms with van der Waals surface area (Å²) in [6, 6.07) is 4.38. The Labute approximate surface area is 198 Å². The Hall–Kier alpha value is -3.08. The molecule has 2 aromatic carbocycles. The number of carbonyl (C=O) groups excluding carboxylic acids is 2. The Bertz CT molecular complexity index is 1040. The molecule has 1 atom stereocenters. The standard InChI is InChI=1S/C22H23ClF5N3O3/c1-5-31(6-2)21(33)30(4)17-11-18(34-12(3)22(26,27)28)13(10-16(17)25)20(32)29-19-14(23)8-7-9-15(19)24/h7-12H,5-6H2,1-4H3,(H,29,32). The quantitative estimate of drug-likeness (QED) is 0.461. The maximum absolute atomic E-state index is 15.0. The number of para-hydroxylation sites is 1. The maximum Gasteiger partial charge on any atom is 0.425 e. The lowest BCUT2D eigenvalue weighted by molar-refractivity contribution is -0.189. The number of urea groups is 1. The first-order valence-electron chi connectivity index (χ1n) is 10.2. The largest absolute Gasteiger partial charge is 0.480 e. The van der Waals surface area contributed by atoms with Crippen molar-refractivity contribution in [3.05, 3.63) is 52.6 Å². The molecule has 0 spiro atoms. The smallest absolute Gasteiger partial charge is 0.425 e. The van der Waals surface area contributed by atoms with Gasteiger partial charge in [-0.1, -0.05) is 17.7 Å². The number of amides is 3. The number of hydrogen-bond acceptors (Lipinski definition) is 3. The minimum absolute atomic E-state index is 0.180. The van der Waals surface area contributed by atoms with E-state index in [0.29, 0.717) is 26.1 Å².